The van der Waals surface area contributed by atoms with Crippen LogP contribution in [-0.2, 0) is 4.74 Å². The number of benzene rings is 1. The van der Waals surface area contributed by atoms with Gasteiger partial charge in [-0.15, -0.1) is 0 Å². The number of methoxy groups -OCH3 is 1. The van der Waals surface area contributed by atoms with Crippen LogP contribution < -0.4 is 0 Å². The summed E-state index contributed by atoms with van der Waals surface area (Å²) < 4.78 is 10.1. The summed E-state index contributed by atoms with van der Waals surface area (Å²) in [5.41, 5.74) is 1.83. The summed E-state index contributed by atoms with van der Waals surface area (Å²) in [6.07, 6.45) is 0. The fourth-order valence-corrected chi connectivity index (χ4v) is 1.74. The number of carbonyl (C=O) groups excluding carboxylic acids is 1. The molecule has 0 unspecified atom stereocenters. The molecule has 5 nitrogen and oxygen atoms in total. The Balaban J connectivity index is 2.43. The maximum atomic E-state index is 11.2. The molecule has 17 heavy (non-hydrogen) atoms. The SMILES string of the molecule is COC(=O)c1nc(-c2cc(C)ccc2Br)no1. The number of ether oxygens (including phenoxy) is 1. The molecule has 0 atom stereocenters. The van der Waals surface area contributed by atoms with Gasteiger partial charge in [0.15, 0.2) is 0 Å². The van der Waals surface area contributed by atoms with Gasteiger partial charge in [0.05, 0.1) is 7.11 Å². The number of nitrogens with zero attached hydrogens (tertiary/aromatic N) is 2. The van der Waals surface area contributed by atoms with Gasteiger partial charge in [0.25, 0.3) is 0 Å². The monoisotopic (exact) mass is 296 g/mol. The van der Waals surface area contributed by atoms with Crippen molar-refractivity contribution >= 4 is 21.9 Å². The van der Waals surface area contributed by atoms with Crippen LogP contribution in [0.3, 0.4) is 0 Å². The summed E-state index contributed by atoms with van der Waals surface area (Å²) in [7, 11) is 1.26. The van der Waals surface area contributed by atoms with Crippen LogP contribution in [0.2, 0.25) is 0 Å². The standard InChI is InChI=1S/C11H9BrN2O3/c1-6-3-4-8(12)7(5-6)9-13-10(17-14-9)11(15)16-2/h3-5H,1-2H3. The number of hydrogen-bond donors (Lipinski definition) is 0. The first kappa shape index (κ1) is 11.8. The molecule has 0 saturated carbocycles. The van der Waals surface area contributed by atoms with Crippen LogP contribution in [0.5, 0.6) is 0 Å². The van der Waals surface area contributed by atoms with Crippen LogP contribution in [0.25, 0.3) is 11.4 Å². The molecule has 0 spiro atoms. The van der Waals surface area contributed by atoms with Gasteiger partial charge in [0.1, 0.15) is 0 Å². The zero-order chi connectivity index (χ0) is 12.4. The van der Waals surface area contributed by atoms with E-state index in [0.29, 0.717) is 5.82 Å². The molecule has 88 valence electrons. The van der Waals surface area contributed by atoms with E-state index in [1.54, 1.807) is 0 Å². The molecule has 2 aromatic rings. The predicted molar refractivity (Wildman–Crippen MR) is 63.5 cm³/mol. The molecule has 1 heterocycles. The van der Waals surface area contributed by atoms with Gasteiger partial charge in [0.2, 0.25) is 5.82 Å². The highest BCUT2D eigenvalue weighted by Crippen LogP contribution is 2.26. The first-order valence-corrected chi connectivity index (χ1v) is 5.59. The van der Waals surface area contributed by atoms with Crippen LogP contribution >= 0.6 is 15.9 Å². The van der Waals surface area contributed by atoms with Gasteiger partial charge in [-0.3, -0.25) is 0 Å². The van der Waals surface area contributed by atoms with E-state index >= 15 is 0 Å². The van der Waals surface area contributed by atoms with E-state index in [9.17, 15) is 4.79 Å². The summed E-state index contributed by atoms with van der Waals surface area (Å²) in [5, 5.41) is 3.74. The largest absolute Gasteiger partial charge is 0.462 e. The van der Waals surface area contributed by atoms with Crippen molar-refractivity contribution in [2.24, 2.45) is 0 Å². The van der Waals surface area contributed by atoms with E-state index in [1.165, 1.54) is 7.11 Å². The van der Waals surface area contributed by atoms with Crippen molar-refractivity contribution in [2.45, 2.75) is 6.92 Å². The van der Waals surface area contributed by atoms with Crippen molar-refractivity contribution in [3.63, 3.8) is 0 Å². The van der Waals surface area contributed by atoms with Gasteiger partial charge in [-0.2, -0.15) is 4.98 Å². The number of rotatable bonds is 2. The number of hydrogen-bond acceptors (Lipinski definition) is 5. The average molecular weight is 297 g/mol. The minimum Gasteiger partial charge on any atom is -0.462 e. The topological polar surface area (TPSA) is 65.2 Å². The minimum absolute atomic E-state index is 0.157. The van der Waals surface area contributed by atoms with Crippen LogP contribution in [-0.4, -0.2) is 23.2 Å². The number of aryl methyl sites for hydroxylation is 1. The summed E-state index contributed by atoms with van der Waals surface area (Å²) in [5.74, 6) is -0.454. The number of carbonyl (C=O) groups is 1. The van der Waals surface area contributed by atoms with Gasteiger partial charge in [0, 0.05) is 10.0 Å². The first-order chi connectivity index (χ1) is 8.11. The Hall–Kier alpha value is -1.69. The van der Waals surface area contributed by atoms with E-state index in [4.69, 9.17) is 4.52 Å². The molecule has 6 heteroatoms. The predicted octanol–water partition coefficient (Wildman–Crippen LogP) is 2.59. The third kappa shape index (κ3) is 2.36. The third-order valence-corrected chi connectivity index (χ3v) is 2.84. The molecule has 0 radical (unpaired) electrons. The number of esters is 1. The van der Waals surface area contributed by atoms with Gasteiger partial charge < -0.3 is 9.26 Å². The lowest BCUT2D eigenvalue weighted by molar-refractivity contribution is 0.0545. The van der Waals surface area contributed by atoms with Gasteiger partial charge in [-0.05, 0) is 19.1 Å². The highest BCUT2D eigenvalue weighted by molar-refractivity contribution is 9.10. The third-order valence-electron chi connectivity index (χ3n) is 2.15. The molecule has 0 N–H and O–H groups in total. The Labute approximate surface area is 106 Å². The summed E-state index contributed by atoms with van der Waals surface area (Å²) >= 11 is 3.39. The molecule has 0 aliphatic heterocycles. The fourth-order valence-electron chi connectivity index (χ4n) is 1.31. The van der Waals surface area contributed by atoms with Crippen LogP contribution in [0, 0.1) is 6.92 Å². The van der Waals surface area contributed by atoms with Gasteiger partial charge in [-0.1, -0.05) is 32.7 Å². The molecule has 0 saturated heterocycles. The highest BCUT2D eigenvalue weighted by atomic mass is 79.9. The summed E-state index contributed by atoms with van der Waals surface area (Å²) in [6, 6.07) is 5.74. The summed E-state index contributed by atoms with van der Waals surface area (Å²) in [6.45, 7) is 1.96. The maximum absolute atomic E-state index is 11.2. The zero-order valence-electron chi connectivity index (χ0n) is 9.23. The Morgan fingerprint density at radius 2 is 2.24 bits per heavy atom. The molecule has 0 bridgehead atoms. The second kappa shape index (κ2) is 4.67. The van der Waals surface area contributed by atoms with Crippen molar-refractivity contribution < 1.29 is 14.1 Å². The fraction of sp³-hybridized carbons (Fsp3) is 0.182. The smallest absolute Gasteiger partial charge is 0.397 e. The van der Waals surface area contributed by atoms with E-state index in [1.807, 2.05) is 25.1 Å². The average Bonchev–Trinajstić information content (AvgIpc) is 2.80. The molecule has 2 rings (SSSR count). The lowest BCUT2D eigenvalue weighted by Crippen LogP contribution is -2.01. The second-order valence-electron chi connectivity index (χ2n) is 3.40. The lowest BCUT2D eigenvalue weighted by Gasteiger charge is -1.99. The molecule has 1 aromatic carbocycles. The van der Waals surface area contributed by atoms with Crippen LogP contribution in [0.15, 0.2) is 27.2 Å². The molecule has 0 aliphatic carbocycles. The van der Waals surface area contributed by atoms with Crippen molar-refractivity contribution in [1.29, 1.82) is 0 Å². The van der Waals surface area contributed by atoms with E-state index in [-0.39, 0.29) is 5.89 Å². The van der Waals surface area contributed by atoms with Crippen molar-refractivity contribution in [3.8, 4) is 11.4 Å². The van der Waals surface area contributed by atoms with Crippen molar-refractivity contribution in [2.75, 3.05) is 7.11 Å². The van der Waals surface area contributed by atoms with E-state index in [0.717, 1.165) is 15.6 Å². The highest BCUT2D eigenvalue weighted by Gasteiger charge is 2.17. The quantitative estimate of drug-likeness (QED) is 0.797. The summed E-state index contributed by atoms with van der Waals surface area (Å²) in [4.78, 5) is 15.2. The second-order valence-corrected chi connectivity index (χ2v) is 4.25. The first-order valence-electron chi connectivity index (χ1n) is 4.80. The molecule has 0 fully saturated rings. The maximum Gasteiger partial charge on any atom is 0.397 e. The molecule has 0 aliphatic rings. The van der Waals surface area contributed by atoms with Crippen molar-refractivity contribution in [3.05, 3.63) is 34.1 Å². The van der Waals surface area contributed by atoms with Crippen LogP contribution in [0.4, 0.5) is 0 Å². The molecular weight excluding hydrogens is 288 g/mol. The Bertz CT molecular complexity index is 566. The van der Waals surface area contributed by atoms with Gasteiger partial charge >= 0.3 is 11.9 Å². The molecular formula is C11H9BrN2O3. The normalized spacial score (nSPS) is 10.3. The van der Waals surface area contributed by atoms with Crippen LogP contribution in [0.1, 0.15) is 16.2 Å². The van der Waals surface area contributed by atoms with E-state index in [2.05, 4.69) is 30.8 Å². The van der Waals surface area contributed by atoms with Gasteiger partial charge in [-0.25, -0.2) is 4.79 Å². The Kier molecular flexibility index (Phi) is 3.23. The Morgan fingerprint density at radius 3 is 2.94 bits per heavy atom. The number of halogens is 1. The molecule has 1 aromatic heterocycles. The lowest BCUT2D eigenvalue weighted by atomic mass is 10.1. The zero-order valence-corrected chi connectivity index (χ0v) is 10.8. The Morgan fingerprint density at radius 1 is 1.47 bits per heavy atom. The number of aromatic nitrogens is 2. The van der Waals surface area contributed by atoms with E-state index < -0.39 is 5.97 Å². The van der Waals surface area contributed by atoms with Crippen molar-refractivity contribution in [1.82, 2.24) is 10.1 Å². The molecule has 0 amide bonds. The minimum atomic E-state index is -0.646.